The molecule has 2 aromatic carbocycles. The summed E-state index contributed by atoms with van der Waals surface area (Å²) in [5, 5.41) is 11.6. The number of hydrogen-bond acceptors (Lipinski definition) is 6. The van der Waals surface area contributed by atoms with Crippen molar-refractivity contribution in [2.75, 3.05) is 16.8 Å². The molecule has 0 spiro atoms. The van der Waals surface area contributed by atoms with E-state index < -0.39 is 41.4 Å². The average Bonchev–Trinajstić information content (AvgIpc) is 3.20. The van der Waals surface area contributed by atoms with Gasteiger partial charge in [-0.1, -0.05) is 22.9 Å². The maximum absolute atomic E-state index is 13.5. The molecule has 8 nitrogen and oxygen atoms in total. The number of amides is 3. The molecule has 0 aromatic heterocycles. The van der Waals surface area contributed by atoms with E-state index in [2.05, 4.69) is 15.7 Å². The largest absolute Gasteiger partial charge is 0.323 e. The third-order valence-corrected chi connectivity index (χ3v) is 5.04. The average molecular weight is 434 g/mol. The highest BCUT2D eigenvalue weighted by atomic mass is 35.5. The van der Waals surface area contributed by atoms with Crippen molar-refractivity contribution in [2.45, 2.75) is 19.0 Å². The normalized spacial score (nSPS) is 20.1. The molecule has 30 heavy (non-hydrogen) atoms. The van der Waals surface area contributed by atoms with Gasteiger partial charge in [0.2, 0.25) is 5.91 Å². The fourth-order valence-corrected chi connectivity index (χ4v) is 3.57. The predicted octanol–water partition coefficient (Wildman–Crippen LogP) is 2.86. The number of anilines is 2. The fourth-order valence-electron chi connectivity index (χ4n) is 3.29. The Bertz CT molecular complexity index is 1110. The first-order chi connectivity index (χ1) is 14.3. The summed E-state index contributed by atoms with van der Waals surface area (Å²) >= 11 is 6.10. The third kappa shape index (κ3) is 3.39. The van der Waals surface area contributed by atoms with E-state index in [0.29, 0.717) is 10.7 Å². The van der Waals surface area contributed by atoms with E-state index in [1.165, 1.54) is 0 Å². The maximum Gasteiger partial charge on any atom is 0.263 e. The van der Waals surface area contributed by atoms with Crippen LogP contribution in [0.25, 0.3) is 0 Å². The van der Waals surface area contributed by atoms with Crippen molar-refractivity contribution in [3.05, 3.63) is 58.6 Å². The van der Waals surface area contributed by atoms with Gasteiger partial charge in [-0.25, -0.2) is 13.7 Å². The predicted molar refractivity (Wildman–Crippen MR) is 103 cm³/mol. The van der Waals surface area contributed by atoms with Crippen LogP contribution in [0.5, 0.6) is 0 Å². The minimum absolute atomic E-state index is 0.121. The van der Waals surface area contributed by atoms with Crippen LogP contribution < -0.4 is 10.2 Å². The number of fused-ring (bicyclic) bond motifs is 1. The minimum Gasteiger partial charge on any atom is -0.323 e. The van der Waals surface area contributed by atoms with Gasteiger partial charge >= 0.3 is 0 Å². The van der Waals surface area contributed by atoms with Crippen LogP contribution in [0.2, 0.25) is 5.02 Å². The molecule has 4 rings (SSSR count). The Kier molecular flexibility index (Phi) is 4.94. The highest BCUT2D eigenvalue weighted by molar-refractivity contribution is 6.33. The molecule has 1 N–H and O–H groups in total. The molecule has 2 atom stereocenters. The zero-order chi connectivity index (χ0) is 21.6. The first-order valence-corrected chi connectivity index (χ1v) is 9.20. The van der Waals surface area contributed by atoms with Gasteiger partial charge < -0.3 is 5.32 Å². The Hall–Kier alpha value is -3.40. The SMILES string of the molecule is Cc1ccc(NC(=O)CN2N=N[C@H]3C(=O)N(c4ccc(F)c(F)c4)C(=O)[C@@H]32)c(Cl)c1. The Morgan fingerprint density at radius 1 is 1.13 bits per heavy atom. The van der Waals surface area contributed by atoms with E-state index in [-0.39, 0.29) is 12.2 Å². The zero-order valence-corrected chi connectivity index (χ0v) is 16.2. The number of nitrogens with one attached hydrogen (secondary N) is 1. The Morgan fingerprint density at radius 3 is 2.60 bits per heavy atom. The molecule has 0 bridgehead atoms. The fraction of sp³-hybridized carbons (Fsp3) is 0.211. The molecule has 0 radical (unpaired) electrons. The van der Waals surface area contributed by atoms with Crippen LogP contribution >= 0.6 is 11.6 Å². The van der Waals surface area contributed by atoms with Crippen LogP contribution in [0.1, 0.15) is 5.56 Å². The maximum atomic E-state index is 13.5. The van der Waals surface area contributed by atoms with E-state index in [1.54, 1.807) is 18.2 Å². The summed E-state index contributed by atoms with van der Waals surface area (Å²) < 4.78 is 26.7. The monoisotopic (exact) mass is 433 g/mol. The first-order valence-electron chi connectivity index (χ1n) is 8.82. The van der Waals surface area contributed by atoms with Crippen molar-refractivity contribution in [3.8, 4) is 0 Å². The van der Waals surface area contributed by atoms with Crippen LogP contribution in [0.3, 0.4) is 0 Å². The summed E-state index contributed by atoms with van der Waals surface area (Å²) in [6, 6.07) is 5.46. The third-order valence-electron chi connectivity index (χ3n) is 4.72. The molecule has 2 aliphatic rings. The topological polar surface area (TPSA) is 94.4 Å². The quantitative estimate of drug-likeness (QED) is 0.750. The van der Waals surface area contributed by atoms with Crippen molar-refractivity contribution >= 4 is 40.7 Å². The molecule has 3 amide bonds. The molecule has 1 saturated heterocycles. The van der Waals surface area contributed by atoms with E-state index in [4.69, 9.17) is 11.6 Å². The molecule has 154 valence electrons. The Labute approximate surface area is 174 Å². The number of carbonyl (C=O) groups excluding carboxylic acids is 3. The van der Waals surface area contributed by atoms with Crippen LogP contribution in [-0.4, -0.2) is 41.4 Å². The molecular formula is C19H14ClF2N5O3. The standard InChI is InChI=1S/C19H14ClF2N5O3/c1-9-2-5-14(11(20)6-9)23-15(28)8-26-17-16(24-25-26)18(29)27(19(17)30)10-3-4-12(21)13(22)7-10/h2-7,16-17H,8H2,1H3,(H,23,28)/t16-,17-/m1/s1. The second kappa shape index (κ2) is 7.45. The van der Waals surface area contributed by atoms with Crippen LogP contribution in [-0.2, 0) is 14.4 Å². The lowest BCUT2D eigenvalue weighted by molar-refractivity contribution is -0.123. The highest BCUT2D eigenvalue weighted by Gasteiger charge is 2.55. The van der Waals surface area contributed by atoms with Gasteiger partial charge in [0, 0.05) is 6.07 Å². The van der Waals surface area contributed by atoms with Gasteiger partial charge in [-0.3, -0.25) is 19.4 Å². The summed E-state index contributed by atoms with van der Waals surface area (Å²) in [5.74, 6) is -4.29. The summed E-state index contributed by atoms with van der Waals surface area (Å²) in [6.45, 7) is 1.49. The number of nitrogens with zero attached hydrogens (tertiary/aromatic N) is 4. The molecule has 11 heteroatoms. The lowest BCUT2D eigenvalue weighted by Crippen LogP contribution is -2.43. The first kappa shape index (κ1) is 19.9. The number of benzene rings is 2. The lowest BCUT2D eigenvalue weighted by atomic mass is 10.1. The second-order valence-electron chi connectivity index (χ2n) is 6.83. The van der Waals surface area contributed by atoms with Gasteiger partial charge in [0.05, 0.1) is 16.4 Å². The summed E-state index contributed by atoms with van der Waals surface area (Å²) in [6.07, 6.45) is 0. The molecule has 0 unspecified atom stereocenters. The summed E-state index contributed by atoms with van der Waals surface area (Å²) in [5.41, 5.74) is 1.18. The smallest absolute Gasteiger partial charge is 0.263 e. The highest BCUT2D eigenvalue weighted by Crippen LogP contribution is 2.32. The molecule has 2 aliphatic heterocycles. The van der Waals surface area contributed by atoms with E-state index in [1.807, 2.05) is 6.92 Å². The molecule has 0 aliphatic carbocycles. The van der Waals surface area contributed by atoms with Gasteiger partial charge in [-0.2, -0.15) is 5.11 Å². The van der Waals surface area contributed by atoms with Crippen molar-refractivity contribution < 1.29 is 23.2 Å². The number of rotatable bonds is 4. The minimum atomic E-state index is -1.20. The van der Waals surface area contributed by atoms with Gasteiger partial charge in [-0.05, 0) is 36.8 Å². The van der Waals surface area contributed by atoms with Gasteiger partial charge in [0.1, 0.15) is 6.54 Å². The molecule has 2 heterocycles. The molecule has 0 saturated carbocycles. The van der Waals surface area contributed by atoms with Gasteiger partial charge in [-0.15, -0.1) is 0 Å². The molecule has 1 fully saturated rings. The number of carbonyl (C=O) groups is 3. The lowest BCUT2D eigenvalue weighted by Gasteiger charge is -2.20. The van der Waals surface area contributed by atoms with Crippen molar-refractivity contribution in [3.63, 3.8) is 0 Å². The van der Waals surface area contributed by atoms with Crippen molar-refractivity contribution in [1.29, 1.82) is 0 Å². The van der Waals surface area contributed by atoms with Gasteiger partial charge in [0.25, 0.3) is 11.8 Å². The van der Waals surface area contributed by atoms with E-state index in [9.17, 15) is 23.2 Å². The number of imide groups is 1. The van der Waals surface area contributed by atoms with Crippen molar-refractivity contribution in [2.24, 2.45) is 10.3 Å². The van der Waals surface area contributed by atoms with E-state index in [0.717, 1.165) is 33.7 Å². The van der Waals surface area contributed by atoms with Crippen LogP contribution in [0, 0.1) is 18.6 Å². The Balaban J connectivity index is 1.50. The molecular weight excluding hydrogens is 420 g/mol. The van der Waals surface area contributed by atoms with Crippen LogP contribution in [0.4, 0.5) is 20.2 Å². The summed E-state index contributed by atoms with van der Waals surface area (Å²) in [7, 11) is 0. The summed E-state index contributed by atoms with van der Waals surface area (Å²) in [4.78, 5) is 38.5. The number of aryl methyl sites for hydroxylation is 1. The Morgan fingerprint density at radius 2 is 1.90 bits per heavy atom. The van der Waals surface area contributed by atoms with Crippen molar-refractivity contribution in [1.82, 2.24) is 5.01 Å². The van der Waals surface area contributed by atoms with E-state index >= 15 is 0 Å². The number of hydrogen-bond donors (Lipinski definition) is 1. The van der Waals surface area contributed by atoms with Gasteiger partial charge in [0.15, 0.2) is 23.7 Å². The van der Waals surface area contributed by atoms with Crippen LogP contribution in [0.15, 0.2) is 46.7 Å². The number of halogens is 3. The zero-order valence-electron chi connectivity index (χ0n) is 15.5. The molecule has 2 aromatic rings. The second-order valence-corrected chi connectivity index (χ2v) is 7.24.